The molecular weight excluding hydrogens is 370 g/mol. The van der Waals surface area contributed by atoms with Gasteiger partial charge in [-0.2, -0.15) is 0 Å². The van der Waals surface area contributed by atoms with Crippen molar-refractivity contribution in [3.63, 3.8) is 0 Å². The summed E-state index contributed by atoms with van der Waals surface area (Å²) in [4.78, 5) is 23.4. The van der Waals surface area contributed by atoms with Crippen LogP contribution in [0.4, 0.5) is 5.69 Å². The molecule has 1 saturated heterocycles. The van der Waals surface area contributed by atoms with Gasteiger partial charge >= 0.3 is 0 Å². The largest absolute Gasteiger partial charge is 0.347 e. The van der Waals surface area contributed by atoms with Crippen molar-refractivity contribution < 1.29 is 9.59 Å². The summed E-state index contributed by atoms with van der Waals surface area (Å²) in [7, 11) is 0. The minimum absolute atomic E-state index is 0. The molecule has 7 heteroatoms. The predicted molar refractivity (Wildman–Crippen MR) is 93.2 cm³/mol. The number of halogens is 2. The lowest BCUT2D eigenvalue weighted by atomic mass is 10.0. The van der Waals surface area contributed by atoms with E-state index in [2.05, 4.69) is 31.9 Å². The van der Waals surface area contributed by atoms with Crippen LogP contribution in [0.1, 0.15) is 19.3 Å². The zero-order chi connectivity index (χ0) is 15.1. The zero-order valence-corrected chi connectivity index (χ0v) is 14.6. The van der Waals surface area contributed by atoms with Gasteiger partial charge in [-0.1, -0.05) is 15.9 Å². The topological polar surface area (TPSA) is 70.2 Å². The Morgan fingerprint density at radius 2 is 1.95 bits per heavy atom. The normalized spacial score (nSPS) is 16.7. The van der Waals surface area contributed by atoms with Gasteiger partial charge in [-0.15, -0.1) is 12.4 Å². The maximum Gasteiger partial charge on any atom is 0.243 e. The first-order valence-electron chi connectivity index (χ1n) is 7.16. The number of amides is 2. The van der Waals surface area contributed by atoms with Gasteiger partial charge in [0, 0.05) is 16.6 Å². The molecule has 1 aromatic rings. The van der Waals surface area contributed by atoms with Crippen molar-refractivity contribution in [1.82, 2.24) is 10.6 Å². The molecule has 1 aliphatic heterocycles. The minimum Gasteiger partial charge on any atom is -0.347 e. The van der Waals surface area contributed by atoms with Gasteiger partial charge in [0.1, 0.15) is 0 Å². The van der Waals surface area contributed by atoms with Gasteiger partial charge in [0.25, 0.3) is 0 Å². The van der Waals surface area contributed by atoms with E-state index in [1.165, 1.54) is 0 Å². The summed E-state index contributed by atoms with van der Waals surface area (Å²) in [6.45, 7) is 2.05. The molecule has 5 nitrogen and oxygen atoms in total. The third kappa shape index (κ3) is 6.77. The Morgan fingerprint density at radius 1 is 1.23 bits per heavy atom. The van der Waals surface area contributed by atoms with Crippen LogP contribution in [-0.4, -0.2) is 31.4 Å². The van der Waals surface area contributed by atoms with Crippen LogP contribution in [0.5, 0.6) is 0 Å². The molecule has 1 unspecified atom stereocenters. The molecule has 2 rings (SSSR count). The molecule has 1 atom stereocenters. The average molecular weight is 391 g/mol. The van der Waals surface area contributed by atoms with E-state index in [1.54, 1.807) is 12.1 Å². The molecule has 0 aromatic heterocycles. The maximum absolute atomic E-state index is 11.7. The average Bonchev–Trinajstić information content (AvgIpc) is 2.99. The van der Waals surface area contributed by atoms with Crippen molar-refractivity contribution in [2.45, 2.75) is 19.3 Å². The fraction of sp³-hybridized carbons (Fsp3) is 0.467. The highest BCUT2D eigenvalue weighted by Crippen LogP contribution is 2.14. The number of benzene rings is 1. The Kier molecular flexibility index (Phi) is 8.45. The summed E-state index contributed by atoms with van der Waals surface area (Å²) in [5, 5.41) is 8.67. The molecular formula is C15H21BrClN3O2. The molecule has 2 amide bonds. The van der Waals surface area contributed by atoms with Gasteiger partial charge in [-0.25, -0.2) is 0 Å². The summed E-state index contributed by atoms with van der Waals surface area (Å²) in [5.74, 6) is 0.313. The van der Waals surface area contributed by atoms with Crippen LogP contribution in [0, 0.1) is 5.92 Å². The van der Waals surface area contributed by atoms with E-state index in [-0.39, 0.29) is 30.8 Å². The van der Waals surface area contributed by atoms with Gasteiger partial charge in [0.2, 0.25) is 11.8 Å². The van der Waals surface area contributed by atoms with Crippen molar-refractivity contribution in [3.8, 4) is 0 Å². The second kappa shape index (κ2) is 9.82. The number of nitrogens with one attached hydrogen (secondary N) is 3. The number of hydrogen-bond acceptors (Lipinski definition) is 3. The molecule has 122 valence electrons. The highest BCUT2D eigenvalue weighted by molar-refractivity contribution is 9.10. The maximum atomic E-state index is 11.7. The number of carbonyl (C=O) groups is 2. The first kappa shape index (κ1) is 18.9. The Bertz CT molecular complexity index is 490. The Morgan fingerprint density at radius 3 is 2.59 bits per heavy atom. The van der Waals surface area contributed by atoms with E-state index in [4.69, 9.17) is 0 Å². The Hall–Kier alpha value is -1.11. The number of hydrogen-bond donors (Lipinski definition) is 3. The second-order valence-electron chi connectivity index (χ2n) is 5.23. The summed E-state index contributed by atoms with van der Waals surface area (Å²) in [5.41, 5.74) is 0.717. The van der Waals surface area contributed by atoms with Crippen LogP contribution in [0.3, 0.4) is 0 Å². The van der Waals surface area contributed by atoms with Crippen molar-refractivity contribution in [2.75, 3.05) is 25.0 Å². The molecule has 22 heavy (non-hydrogen) atoms. The number of carbonyl (C=O) groups excluding carboxylic acids is 2. The Labute approximate surface area is 145 Å². The lowest BCUT2D eigenvalue weighted by molar-refractivity contribution is -0.124. The third-order valence-corrected chi connectivity index (χ3v) is 4.04. The number of rotatable bonds is 6. The van der Waals surface area contributed by atoms with Gasteiger partial charge in [-0.05, 0) is 56.1 Å². The molecule has 1 aliphatic rings. The van der Waals surface area contributed by atoms with Crippen molar-refractivity contribution in [3.05, 3.63) is 28.7 Å². The van der Waals surface area contributed by atoms with E-state index in [0.717, 1.165) is 36.1 Å². The fourth-order valence-corrected chi connectivity index (χ4v) is 2.57. The van der Waals surface area contributed by atoms with Crippen molar-refractivity contribution in [2.24, 2.45) is 5.92 Å². The molecule has 0 spiro atoms. The molecule has 0 aliphatic carbocycles. The minimum atomic E-state index is -0.215. The van der Waals surface area contributed by atoms with Crippen molar-refractivity contribution >= 4 is 45.8 Å². The van der Waals surface area contributed by atoms with E-state index in [0.29, 0.717) is 12.3 Å². The summed E-state index contributed by atoms with van der Waals surface area (Å²) >= 11 is 3.33. The SMILES string of the molecule is Cl.O=C(CCC1CCNC1)NCC(=O)Nc1ccc(Br)cc1. The van der Waals surface area contributed by atoms with Crippen LogP contribution >= 0.6 is 28.3 Å². The van der Waals surface area contributed by atoms with Crippen molar-refractivity contribution in [1.29, 1.82) is 0 Å². The second-order valence-corrected chi connectivity index (χ2v) is 6.14. The standard InChI is InChI=1S/C15H20BrN3O2.ClH/c16-12-2-4-13(5-3-12)19-15(21)10-18-14(20)6-1-11-7-8-17-9-11;/h2-5,11,17H,1,6-10H2,(H,18,20)(H,19,21);1H. The molecule has 0 saturated carbocycles. The quantitative estimate of drug-likeness (QED) is 0.698. The van der Waals surface area contributed by atoms with Gasteiger partial charge in [-0.3, -0.25) is 9.59 Å². The molecule has 3 N–H and O–H groups in total. The van der Waals surface area contributed by atoms with Crippen LogP contribution in [0.25, 0.3) is 0 Å². The molecule has 1 heterocycles. The first-order valence-corrected chi connectivity index (χ1v) is 7.95. The predicted octanol–water partition coefficient (Wildman–Crippen LogP) is 2.32. The summed E-state index contributed by atoms with van der Waals surface area (Å²) in [6.07, 6.45) is 2.50. The van der Waals surface area contributed by atoms with Crippen LogP contribution in [-0.2, 0) is 9.59 Å². The van der Waals surface area contributed by atoms with Crippen LogP contribution in [0.15, 0.2) is 28.7 Å². The lowest BCUT2D eigenvalue weighted by Gasteiger charge is -2.09. The number of anilines is 1. The highest BCUT2D eigenvalue weighted by Gasteiger charge is 2.15. The molecule has 0 radical (unpaired) electrons. The van der Waals surface area contributed by atoms with E-state index >= 15 is 0 Å². The zero-order valence-electron chi connectivity index (χ0n) is 12.2. The first-order chi connectivity index (χ1) is 10.1. The van der Waals surface area contributed by atoms with Crippen LogP contribution in [0.2, 0.25) is 0 Å². The third-order valence-electron chi connectivity index (χ3n) is 3.52. The summed E-state index contributed by atoms with van der Waals surface area (Å²) in [6, 6.07) is 7.31. The van der Waals surface area contributed by atoms with E-state index in [9.17, 15) is 9.59 Å². The van der Waals surface area contributed by atoms with E-state index in [1.807, 2.05) is 12.1 Å². The van der Waals surface area contributed by atoms with Crippen LogP contribution < -0.4 is 16.0 Å². The monoisotopic (exact) mass is 389 g/mol. The lowest BCUT2D eigenvalue weighted by Crippen LogP contribution is -2.33. The molecule has 1 fully saturated rings. The van der Waals surface area contributed by atoms with Gasteiger partial charge in [0.05, 0.1) is 6.54 Å². The van der Waals surface area contributed by atoms with E-state index < -0.39 is 0 Å². The molecule has 0 bridgehead atoms. The fourth-order valence-electron chi connectivity index (χ4n) is 2.30. The summed E-state index contributed by atoms with van der Waals surface area (Å²) < 4.78 is 0.954. The molecule has 1 aromatic carbocycles. The van der Waals surface area contributed by atoms with Gasteiger partial charge < -0.3 is 16.0 Å². The smallest absolute Gasteiger partial charge is 0.243 e. The Balaban J connectivity index is 0.00000242. The highest BCUT2D eigenvalue weighted by atomic mass is 79.9. The van der Waals surface area contributed by atoms with Gasteiger partial charge in [0.15, 0.2) is 0 Å².